The average Bonchev–Trinajstić information content (AvgIpc) is 2.72. The first-order valence-corrected chi connectivity index (χ1v) is 10.4. The summed E-state index contributed by atoms with van der Waals surface area (Å²) >= 11 is 0. The second-order valence-electron chi connectivity index (χ2n) is 8.40. The average molecular weight is 388 g/mol. The van der Waals surface area contributed by atoms with Crippen LogP contribution in [0.5, 0.6) is 0 Å². The molecule has 0 spiro atoms. The highest BCUT2D eigenvalue weighted by Crippen LogP contribution is 2.29. The van der Waals surface area contributed by atoms with Crippen molar-refractivity contribution in [3.05, 3.63) is 65.2 Å². The Hall–Kier alpha value is -2.72. The number of carbonyl (C=O) groups is 1. The van der Waals surface area contributed by atoms with Crippen molar-refractivity contribution in [2.24, 2.45) is 0 Å². The number of likely N-dealkylation sites (tertiary alicyclic amines) is 1. The van der Waals surface area contributed by atoms with Crippen molar-refractivity contribution in [1.29, 1.82) is 0 Å². The van der Waals surface area contributed by atoms with Crippen molar-refractivity contribution in [3.8, 4) is 11.3 Å². The van der Waals surface area contributed by atoms with E-state index in [1.807, 2.05) is 35.2 Å². The van der Waals surface area contributed by atoms with Gasteiger partial charge in [0.25, 0.3) is 5.91 Å². The third kappa shape index (κ3) is 3.90. The van der Waals surface area contributed by atoms with Crippen LogP contribution in [0, 0.1) is 13.8 Å². The molecular weight excluding hydrogens is 358 g/mol. The lowest BCUT2D eigenvalue weighted by Crippen LogP contribution is -2.47. The Kier molecular flexibility index (Phi) is 5.37. The summed E-state index contributed by atoms with van der Waals surface area (Å²) in [5.41, 5.74) is 5.98. The van der Waals surface area contributed by atoms with Gasteiger partial charge < -0.3 is 9.80 Å². The molecular formula is C25H29N3O. The van der Waals surface area contributed by atoms with E-state index in [1.165, 1.54) is 11.1 Å². The summed E-state index contributed by atoms with van der Waals surface area (Å²) in [5.74, 6) is 0.112. The van der Waals surface area contributed by atoms with Gasteiger partial charge in [0.05, 0.1) is 16.8 Å². The molecule has 1 saturated heterocycles. The largest absolute Gasteiger partial charge is 0.337 e. The summed E-state index contributed by atoms with van der Waals surface area (Å²) in [6.45, 7) is 5.80. The number of rotatable bonds is 3. The van der Waals surface area contributed by atoms with Crippen LogP contribution in [0.25, 0.3) is 22.2 Å². The number of likely N-dealkylation sites (N-methyl/N-ethyl adjacent to an activating group) is 1. The highest BCUT2D eigenvalue weighted by Gasteiger charge is 2.27. The maximum Gasteiger partial charge on any atom is 0.254 e. The van der Waals surface area contributed by atoms with E-state index in [9.17, 15) is 4.79 Å². The highest BCUT2D eigenvalue weighted by atomic mass is 16.2. The third-order valence-corrected chi connectivity index (χ3v) is 6.02. The van der Waals surface area contributed by atoms with Gasteiger partial charge in [-0.25, -0.2) is 4.98 Å². The first-order valence-electron chi connectivity index (χ1n) is 10.4. The van der Waals surface area contributed by atoms with E-state index in [0.717, 1.165) is 53.7 Å². The fourth-order valence-corrected chi connectivity index (χ4v) is 4.32. The zero-order chi connectivity index (χ0) is 20.5. The molecule has 0 radical (unpaired) electrons. The fourth-order valence-electron chi connectivity index (χ4n) is 4.32. The number of fused-ring (bicyclic) bond motifs is 1. The number of aromatic nitrogens is 1. The van der Waals surface area contributed by atoms with Gasteiger partial charge in [-0.2, -0.15) is 0 Å². The monoisotopic (exact) mass is 387 g/mol. The van der Waals surface area contributed by atoms with Crippen LogP contribution < -0.4 is 0 Å². The van der Waals surface area contributed by atoms with Crippen LogP contribution in [-0.2, 0) is 0 Å². The highest BCUT2D eigenvalue weighted by molar-refractivity contribution is 6.07. The van der Waals surface area contributed by atoms with Crippen molar-refractivity contribution < 1.29 is 4.79 Å². The molecule has 0 saturated carbocycles. The minimum Gasteiger partial charge on any atom is -0.337 e. The first-order chi connectivity index (χ1) is 13.9. The fraction of sp³-hybridized carbons (Fsp3) is 0.360. The van der Waals surface area contributed by atoms with E-state index >= 15 is 0 Å². The molecule has 29 heavy (non-hydrogen) atoms. The van der Waals surface area contributed by atoms with Crippen LogP contribution >= 0.6 is 0 Å². The van der Waals surface area contributed by atoms with Crippen LogP contribution in [-0.4, -0.2) is 53.9 Å². The zero-order valence-electron chi connectivity index (χ0n) is 17.8. The van der Waals surface area contributed by atoms with Crippen molar-refractivity contribution in [3.63, 3.8) is 0 Å². The number of aryl methyl sites for hydroxylation is 2. The molecule has 2 aromatic carbocycles. The molecule has 1 atom stereocenters. The molecule has 1 aromatic heterocycles. The van der Waals surface area contributed by atoms with E-state index in [-0.39, 0.29) is 5.91 Å². The van der Waals surface area contributed by atoms with Gasteiger partial charge in [-0.1, -0.05) is 42.0 Å². The van der Waals surface area contributed by atoms with Crippen LogP contribution in [0.4, 0.5) is 0 Å². The number of piperidine rings is 1. The van der Waals surface area contributed by atoms with Crippen LogP contribution in [0.3, 0.4) is 0 Å². The predicted octanol–water partition coefficient (Wildman–Crippen LogP) is 4.68. The standard InChI is InChI=1S/C25H29N3O/c1-17-11-12-20(18(2)14-17)24-15-22(21-9-5-6-10-23(21)26-24)25(29)28-13-7-8-19(16-28)27(3)4/h5-6,9-12,14-15,19H,7-8,13,16H2,1-4H3. The van der Waals surface area contributed by atoms with Crippen molar-refractivity contribution in [2.45, 2.75) is 32.7 Å². The molecule has 1 amide bonds. The summed E-state index contributed by atoms with van der Waals surface area (Å²) in [7, 11) is 4.19. The number of amides is 1. The molecule has 4 rings (SSSR count). The molecule has 1 aliphatic rings. The Morgan fingerprint density at radius 1 is 1.10 bits per heavy atom. The Morgan fingerprint density at radius 2 is 1.90 bits per heavy atom. The SMILES string of the molecule is Cc1ccc(-c2cc(C(=O)N3CCCC(N(C)C)C3)c3ccccc3n2)c(C)c1. The summed E-state index contributed by atoms with van der Waals surface area (Å²) < 4.78 is 0. The number of pyridine rings is 1. The van der Waals surface area contributed by atoms with Gasteiger partial charge in [0.1, 0.15) is 0 Å². The number of carbonyl (C=O) groups excluding carboxylic acids is 1. The van der Waals surface area contributed by atoms with E-state index in [0.29, 0.717) is 6.04 Å². The lowest BCUT2D eigenvalue weighted by molar-refractivity contribution is 0.0637. The number of para-hydroxylation sites is 1. The van der Waals surface area contributed by atoms with Crippen molar-refractivity contribution in [1.82, 2.24) is 14.8 Å². The van der Waals surface area contributed by atoms with Crippen LogP contribution in [0.15, 0.2) is 48.5 Å². The van der Waals surface area contributed by atoms with Gasteiger partial charge in [-0.15, -0.1) is 0 Å². The van der Waals surface area contributed by atoms with Gasteiger partial charge in [0.2, 0.25) is 0 Å². The smallest absolute Gasteiger partial charge is 0.254 e. The second-order valence-corrected chi connectivity index (χ2v) is 8.40. The quantitative estimate of drug-likeness (QED) is 0.654. The number of nitrogens with zero attached hydrogens (tertiary/aromatic N) is 3. The Morgan fingerprint density at radius 3 is 2.66 bits per heavy atom. The number of benzene rings is 2. The van der Waals surface area contributed by atoms with E-state index in [4.69, 9.17) is 4.98 Å². The molecule has 0 N–H and O–H groups in total. The molecule has 150 valence electrons. The molecule has 1 unspecified atom stereocenters. The third-order valence-electron chi connectivity index (χ3n) is 6.02. The summed E-state index contributed by atoms with van der Waals surface area (Å²) in [4.78, 5) is 22.7. The maximum atomic E-state index is 13.6. The lowest BCUT2D eigenvalue weighted by Gasteiger charge is -2.36. The first kappa shape index (κ1) is 19.6. The second kappa shape index (κ2) is 7.96. The predicted molar refractivity (Wildman–Crippen MR) is 119 cm³/mol. The van der Waals surface area contributed by atoms with Gasteiger partial charge >= 0.3 is 0 Å². The summed E-state index contributed by atoms with van der Waals surface area (Å²) in [6.07, 6.45) is 2.18. The topological polar surface area (TPSA) is 36.4 Å². The molecule has 1 fully saturated rings. The summed E-state index contributed by atoms with van der Waals surface area (Å²) in [6, 6.07) is 16.8. The van der Waals surface area contributed by atoms with Crippen LogP contribution in [0.2, 0.25) is 0 Å². The van der Waals surface area contributed by atoms with Crippen molar-refractivity contribution in [2.75, 3.05) is 27.2 Å². The van der Waals surface area contributed by atoms with E-state index in [1.54, 1.807) is 0 Å². The van der Waals surface area contributed by atoms with Gasteiger partial charge in [0, 0.05) is 30.1 Å². The Labute approximate surface area is 173 Å². The minimum atomic E-state index is 0.112. The van der Waals surface area contributed by atoms with E-state index in [2.05, 4.69) is 51.0 Å². The van der Waals surface area contributed by atoms with Gasteiger partial charge in [-0.05, 0) is 58.5 Å². The molecule has 0 bridgehead atoms. The lowest BCUT2D eigenvalue weighted by atomic mass is 9.98. The van der Waals surface area contributed by atoms with E-state index < -0.39 is 0 Å². The number of hydrogen-bond donors (Lipinski definition) is 0. The molecule has 2 heterocycles. The Bertz CT molecular complexity index is 1060. The summed E-state index contributed by atoms with van der Waals surface area (Å²) in [5, 5.41) is 0.929. The van der Waals surface area contributed by atoms with Crippen molar-refractivity contribution >= 4 is 16.8 Å². The Balaban J connectivity index is 1.80. The minimum absolute atomic E-state index is 0.112. The molecule has 3 aromatic rings. The maximum absolute atomic E-state index is 13.6. The van der Waals surface area contributed by atoms with Gasteiger partial charge in [-0.3, -0.25) is 4.79 Å². The molecule has 4 nitrogen and oxygen atoms in total. The molecule has 0 aliphatic carbocycles. The molecule has 1 aliphatic heterocycles. The van der Waals surface area contributed by atoms with Gasteiger partial charge in [0.15, 0.2) is 0 Å². The van der Waals surface area contributed by atoms with Crippen LogP contribution in [0.1, 0.15) is 34.3 Å². The normalized spacial score (nSPS) is 17.1. The number of hydrogen-bond acceptors (Lipinski definition) is 3. The molecule has 4 heteroatoms. The zero-order valence-corrected chi connectivity index (χ0v) is 17.8.